The third kappa shape index (κ3) is 5.24. The van der Waals surface area contributed by atoms with Crippen LogP contribution < -0.4 is 5.32 Å². The molecule has 1 amide bonds. The van der Waals surface area contributed by atoms with Crippen molar-refractivity contribution in [3.05, 3.63) is 0 Å². The lowest BCUT2D eigenvalue weighted by Crippen LogP contribution is -2.39. The Bertz CT molecular complexity index is 187. The first kappa shape index (κ1) is 12.0. The maximum atomic E-state index is 11.1. The highest BCUT2D eigenvalue weighted by Crippen LogP contribution is 1.92. The van der Waals surface area contributed by atoms with Crippen LogP contribution in [-0.4, -0.2) is 56.4 Å². The number of likely N-dealkylation sites (N-methyl/N-ethyl adjacent to an activating group) is 1. The van der Waals surface area contributed by atoms with Crippen LogP contribution in [0.3, 0.4) is 0 Å². The number of nitrogens with zero attached hydrogens (tertiary/aromatic N) is 1. The Balaban J connectivity index is 4.02. The van der Waals surface area contributed by atoms with E-state index in [9.17, 15) is 9.59 Å². The first-order valence-corrected chi connectivity index (χ1v) is 3.96. The summed E-state index contributed by atoms with van der Waals surface area (Å²) < 4.78 is 0. The largest absolute Gasteiger partial charge is 0.480 e. The molecule has 2 N–H and O–H groups in total. The standard InChI is InChI=1S/C7H13BN2O3/c1-9-2-3-10(5-7(12)13)6(11)4-8/h9H,2-5H2,1H3,(H,12,13). The van der Waals surface area contributed by atoms with Gasteiger partial charge in [-0.15, -0.1) is 0 Å². The fraction of sp³-hybridized carbons (Fsp3) is 0.714. The van der Waals surface area contributed by atoms with Crippen LogP contribution in [0.1, 0.15) is 0 Å². The molecule has 72 valence electrons. The highest BCUT2D eigenvalue weighted by atomic mass is 16.4. The first-order chi connectivity index (χ1) is 6.11. The number of amides is 1. The van der Waals surface area contributed by atoms with E-state index in [0.29, 0.717) is 13.1 Å². The monoisotopic (exact) mass is 184 g/mol. The second-order valence-corrected chi connectivity index (χ2v) is 2.52. The van der Waals surface area contributed by atoms with Gasteiger partial charge in [0.25, 0.3) is 0 Å². The molecule has 0 unspecified atom stereocenters. The van der Waals surface area contributed by atoms with E-state index in [1.807, 2.05) is 0 Å². The van der Waals surface area contributed by atoms with Gasteiger partial charge in [0, 0.05) is 13.1 Å². The summed E-state index contributed by atoms with van der Waals surface area (Å²) >= 11 is 0. The first-order valence-electron chi connectivity index (χ1n) is 3.96. The van der Waals surface area contributed by atoms with Crippen LogP contribution in [0.5, 0.6) is 0 Å². The van der Waals surface area contributed by atoms with E-state index < -0.39 is 5.97 Å². The number of carbonyl (C=O) groups is 2. The number of rotatable bonds is 6. The second-order valence-electron chi connectivity index (χ2n) is 2.52. The molecule has 0 fully saturated rings. The van der Waals surface area contributed by atoms with Gasteiger partial charge in [-0.3, -0.25) is 9.59 Å². The third-order valence-corrected chi connectivity index (χ3v) is 1.49. The van der Waals surface area contributed by atoms with E-state index in [1.165, 1.54) is 4.90 Å². The van der Waals surface area contributed by atoms with Crippen molar-refractivity contribution in [1.82, 2.24) is 10.2 Å². The third-order valence-electron chi connectivity index (χ3n) is 1.49. The zero-order valence-electron chi connectivity index (χ0n) is 7.62. The lowest BCUT2D eigenvalue weighted by molar-refractivity contribution is -0.143. The number of carboxylic acids is 1. The molecule has 0 bridgehead atoms. The van der Waals surface area contributed by atoms with Crippen molar-refractivity contribution in [3.63, 3.8) is 0 Å². The Labute approximate surface area is 78.5 Å². The quantitative estimate of drug-likeness (QED) is 0.503. The second kappa shape index (κ2) is 6.48. The van der Waals surface area contributed by atoms with Gasteiger partial charge in [-0.05, 0) is 13.4 Å². The highest BCUT2D eigenvalue weighted by Gasteiger charge is 2.13. The topological polar surface area (TPSA) is 69.6 Å². The fourth-order valence-corrected chi connectivity index (χ4v) is 0.831. The number of hydrogen-bond acceptors (Lipinski definition) is 3. The summed E-state index contributed by atoms with van der Waals surface area (Å²) in [6.07, 6.45) is -0.156. The summed E-state index contributed by atoms with van der Waals surface area (Å²) in [5.74, 6) is -1.38. The summed E-state index contributed by atoms with van der Waals surface area (Å²) in [6.45, 7) is 0.621. The van der Waals surface area contributed by atoms with Gasteiger partial charge >= 0.3 is 5.97 Å². The number of carbonyl (C=O) groups excluding carboxylic acids is 1. The van der Waals surface area contributed by atoms with E-state index >= 15 is 0 Å². The number of hydrogen-bond donors (Lipinski definition) is 2. The molecule has 2 radical (unpaired) electrons. The SMILES string of the molecule is [B]CC(=O)N(CCNC)CC(=O)O. The molecule has 0 aliphatic rings. The molecule has 6 heteroatoms. The maximum Gasteiger partial charge on any atom is 0.323 e. The highest BCUT2D eigenvalue weighted by molar-refractivity contribution is 6.19. The molecule has 0 aliphatic carbocycles. The maximum absolute atomic E-state index is 11.1. The fourth-order valence-electron chi connectivity index (χ4n) is 0.831. The van der Waals surface area contributed by atoms with Crippen LogP contribution in [0.4, 0.5) is 0 Å². The summed E-state index contributed by atoms with van der Waals surface area (Å²) in [6, 6.07) is 0. The van der Waals surface area contributed by atoms with Crippen molar-refractivity contribution in [2.75, 3.05) is 26.7 Å². The average molecular weight is 184 g/mol. The molecule has 0 aromatic rings. The van der Waals surface area contributed by atoms with E-state index in [4.69, 9.17) is 13.0 Å². The van der Waals surface area contributed by atoms with Crippen molar-refractivity contribution in [1.29, 1.82) is 0 Å². The van der Waals surface area contributed by atoms with Gasteiger partial charge in [-0.2, -0.15) is 0 Å². The molecule has 13 heavy (non-hydrogen) atoms. The molecule has 0 heterocycles. The molecule has 0 rings (SSSR count). The van der Waals surface area contributed by atoms with Crippen molar-refractivity contribution < 1.29 is 14.7 Å². The number of aliphatic carboxylic acids is 1. The van der Waals surface area contributed by atoms with Gasteiger partial charge in [-0.1, -0.05) is 0 Å². The van der Waals surface area contributed by atoms with E-state index in [-0.39, 0.29) is 18.8 Å². The summed E-state index contributed by atoms with van der Waals surface area (Å²) in [4.78, 5) is 22.6. The molecular weight excluding hydrogens is 171 g/mol. The van der Waals surface area contributed by atoms with Crippen molar-refractivity contribution >= 4 is 19.7 Å². The molecule has 0 spiro atoms. The minimum Gasteiger partial charge on any atom is -0.480 e. The summed E-state index contributed by atoms with van der Waals surface area (Å²) in [7, 11) is 6.84. The average Bonchev–Trinajstić information content (AvgIpc) is 2.10. The summed E-state index contributed by atoms with van der Waals surface area (Å²) in [5.41, 5.74) is 0. The molecule has 0 aromatic heterocycles. The van der Waals surface area contributed by atoms with Crippen LogP contribution >= 0.6 is 0 Å². The molecular formula is C7H13BN2O3. The minimum absolute atomic E-state index is 0.156. The van der Waals surface area contributed by atoms with Crippen LogP contribution in [-0.2, 0) is 9.59 Å². The molecule has 0 saturated carbocycles. The predicted molar refractivity (Wildman–Crippen MR) is 48.7 cm³/mol. The van der Waals surface area contributed by atoms with Crippen LogP contribution in [0.15, 0.2) is 0 Å². The predicted octanol–water partition coefficient (Wildman–Crippen LogP) is -1.29. The minimum atomic E-state index is -1.03. The van der Waals surface area contributed by atoms with Crippen molar-refractivity contribution in [2.24, 2.45) is 0 Å². The zero-order chi connectivity index (χ0) is 10.3. The van der Waals surface area contributed by atoms with Crippen molar-refractivity contribution in [3.8, 4) is 0 Å². The van der Waals surface area contributed by atoms with Gasteiger partial charge < -0.3 is 15.3 Å². The normalized spacial score (nSPS) is 9.62. The Morgan fingerprint density at radius 1 is 1.54 bits per heavy atom. The number of carboxylic acid groups (broad SMARTS) is 1. The summed E-state index contributed by atoms with van der Waals surface area (Å²) in [5, 5.41) is 11.3. The Morgan fingerprint density at radius 2 is 2.15 bits per heavy atom. The molecule has 0 aliphatic heterocycles. The Kier molecular flexibility index (Phi) is 5.96. The molecule has 0 saturated heterocycles. The lowest BCUT2D eigenvalue weighted by atomic mass is 10.0. The van der Waals surface area contributed by atoms with Crippen LogP contribution in [0.25, 0.3) is 0 Å². The van der Waals surface area contributed by atoms with Gasteiger partial charge in [0.2, 0.25) is 5.91 Å². The zero-order valence-corrected chi connectivity index (χ0v) is 7.62. The van der Waals surface area contributed by atoms with E-state index in [0.717, 1.165) is 0 Å². The lowest BCUT2D eigenvalue weighted by Gasteiger charge is -2.19. The van der Waals surface area contributed by atoms with Crippen LogP contribution in [0.2, 0.25) is 6.32 Å². The van der Waals surface area contributed by atoms with Gasteiger partial charge in [0.05, 0.1) is 7.85 Å². The van der Waals surface area contributed by atoms with Gasteiger partial charge in [0.15, 0.2) is 0 Å². The van der Waals surface area contributed by atoms with Gasteiger partial charge in [-0.25, -0.2) is 0 Å². The Morgan fingerprint density at radius 3 is 2.54 bits per heavy atom. The van der Waals surface area contributed by atoms with E-state index in [1.54, 1.807) is 7.05 Å². The van der Waals surface area contributed by atoms with Gasteiger partial charge in [0.1, 0.15) is 6.54 Å². The molecule has 5 nitrogen and oxygen atoms in total. The molecule has 0 aromatic carbocycles. The smallest absolute Gasteiger partial charge is 0.323 e. The number of nitrogens with one attached hydrogen (secondary N) is 1. The van der Waals surface area contributed by atoms with Crippen molar-refractivity contribution in [2.45, 2.75) is 6.32 Å². The van der Waals surface area contributed by atoms with Crippen LogP contribution in [0, 0.1) is 0 Å². The molecule has 0 atom stereocenters. The Hall–Kier alpha value is -1.04. The van der Waals surface area contributed by atoms with E-state index in [2.05, 4.69) is 5.32 Å².